The van der Waals surface area contributed by atoms with Crippen molar-refractivity contribution in [2.45, 2.75) is 0 Å². The van der Waals surface area contributed by atoms with Gasteiger partial charge in [0.25, 0.3) is 5.56 Å². The van der Waals surface area contributed by atoms with E-state index in [4.69, 9.17) is 0 Å². The maximum absolute atomic E-state index is 10.2. The van der Waals surface area contributed by atoms with Gasteiger partial charge >= 0.3 is 0 Å². The number of hydrogen-bond acceptors (Lipinski definition) is 3. The lowest BCUT2D eigenvalue weighted by molar-refractivity contribution is 0.988. The minimum Gasteiger partial charge on any atom is -0.268 e. The number of aromatic amines is 1. The van der Waals surface area contributed by atoms with Crippen LogP contribution in [0.2, 0.25) is 0 Å². The van der Waals surface area contributed by atoms with E-state index in [-0.39, 0.29) is 5.56 Å². The summed E-state index contributed by atoms with van der Waals surface area (Å²) < 4.78 is 0. The lowest BCUT2D eigenvalue weighted by Crippen LogP contribution is -2.02. The quantitative estimate of drug-likeness (QED) is 0.636. The number of fused-ring (bicyclic) bond motifs is 1. The van der Waals surface area contributed by atoms with Crippen molar-refractivity contribution in [1.82, 2.24) is 15.2 Å². The molecular formula is C13H11N3O. The number of rotatable bonds is 0. The van der Waals surface area contributed by atoms with E-state index >= 15 is 0 Å². The summed E-state index contributed by atoms with van der Waals surface area (Å²) in [5.41, 5.74) is 0.896. The molecule has 1 aromatic carbocycles. The fourth-order valence-corrected chi connectivity index (χ4v) is 1.33. The van der Waals surface area contributed by atoms with Crippen LogP contribution in [0.5, 0.6) is 0 Å². The molecule has 0 aliphatic carbocycles. The Labute approximate surface area is 98.0 Å². The van der Waals surface area contributed by atoms with Crippen LogP contribution >= 0.6 is 0 Å². The molecule has 4 heteroatoms. The molecule has 0 saturated heterocycles. The van der Waals surface area contributed by atoms with Gasteiger partial charge in [-0.1, -0.05) is 24.3 Å². The summed E-state index contributed by atoms with van der Waals surface area (Å²) >= 11 is 0. The van der Waals surface area contributed by atoms with Crippen molar-refractivity contribution in [3.63, 3.8) is 0 Å². The Bertz CT molecular complexity index is 566. The fraction of sp³-hybridized carbons (Fsp3) is 0. The Morgan fingerprint density at radius 3 is 2.29 bits per heavy atom. The molecule has 1 N–H and O–H groups in total. The Balaban J connectivity index is 0.000000136. The fourth-order valence-electron chi connectivity index (χ4n) is 1.33. The summed E-state index contributed by atoms with van der Waals surface area (Å²) in [5, 5.41) is 6.87. The van der Waals surface area contributed by atoms with Gasteiger partial charge in [-0.15, -0.1) is 0 Å². The van der Waals surface area contributed by atoms with E-state index in [9.17, 15) is 4.79 Å². The lowest BCUT2D eigenvalue weighted by Gasteiger charge is -1.91. The highest BCUT2D eigenvalue weighted by molar-refractivity contribution is 5.77. The number of para-hydroxylation sites is 1. The Hall–Kier alpha value is -2.49. The zero-order chi connectivity index (χ0) is 11.9. The maximum atomic E-state index is 10.2. The first kappa shape index (κ1) is 11.0. The molecule has 3 aromatic rings. The number of nitrogens with one attached hydrogen (secondary N) is 1. The average Bonchev–Trinajstić information content (AvgIpc) is 2.41. The number of nitrogens with zero attached hydrogens (tertiary/aromatic N) is 2. The molecule has 0 fully saturated rings. The molecular weight excluding hydrogens is 214 g/mol. The lowest BCUT2D eigenvalue weighted by atomic mass is 10.2. The molecule has 17 heavy (non-hydrogen) atoms. The van der Waals surface area contributed by atoms with E-state index in [1.807, 2.05) is 30.5 Å². The predicted octanol–water partition coefficient (Wildman–Crippen LogP) is 2.00. The van der Waals surface area contributed by atoms with E-state index in [1.54, 1.807) is 6.07 Å². The zero-order valence-electron chi connectivity index (χ0n) is 9.08. The second-order valence-corrected chi connectivity index (χ2v) is 3.31. The molecule has 0 spiro atoms. The van der Waals surface area contributed by atoms with E-state index in [1.165, 1.54) is 17.6 Å². The molecule has 4 nitrogen and oxygen atoms in total. The SMILES string of the molecule is O=c1cccn[nH]1.c1ccc2ncccc2c1. The second kappa shape index (κ2) is 5.55. The minimum absolute atomic E-state index is 0.164. The maximum Gasteiger partial charge on any atom is 0.264 e. The summed E-state index contributed by atoms with van der Waals surface area (Å²) in [6.07, 6.45) is 3.32. The van der Waals surface area contributed by atoms with Crippen molar-refractivity contribution < 1.29 is 0 Å². The first-order valence-corrected chi connectivity index (χ1v) is 5.16. The molecule has 3 rings (SSSR count). The molecule has 0 aliphatic heterocycles. The zero-order valence-corrected chi connectivity index (χ0v) is 9.08. The predicted molar refractivity (Wildman–Crippen MR) is 66.6 cm³/mol. The van der Waals surface area contributed by atoms with Gasteiger partial charge in [-0.3, -0.25) is 9.78 Å². The highest BCUT2D eigenvalue weighted by Gasteiger charge is 1.86. The van der Waals surface area contributed by atoms with Crippen molar-refractivity contribution in [1.29, 1.82) is 0 Å². The largest absolute Gasteiger partial charge is 0.268 e. The van der Waals surface area contributed by atoms with Crippen LogP contribution in [0.1, 0.15) is 0 Å². The van der Waals surface area contributed by atoms with Gasteiger partial charge in [0.1, 0.15) is 0 Å². The van der Waals surface area contributed by atoms with Crippen molar-refractivity contribution in [2.24, 2.45) is 0 Å². The number of H-pyrrole nitrogens is 1. The van der Waals surface area contributed by atoms with Gasteiger partial charge in [-0.2, -0.15) is 5.10 Å². The van der Waals surface area contributed by atoms with Crippen LogP contribution in [0.15, 0.2) is 65.7 Å². The smallest absolute Gasteiger partial charge is 0.264 e. The van der Waals surface area contributed by atoms with Crippen molar-refractivity contribution in [3.8, 4) is 0 Å². The number of pyridine rings is 1. The molecule has 0 atom stereocenters. The summed E-state index contributed by atoms with van der Waals surface area (Å²) in [6, 6.07) is 15.1. The van der Waals surface area contributed by atoms with Crippen LogP contribution in [-0.2, 0) is 0 Å². The third-order valence-corrected chi connectivity index (χ3v) is 2.10. The topological polar surface area (TPSA) is 58.6 Å². The van der Waals surface area contributed by atoms with Crippen LogP contribution < -0.4 is 5.56 Å². The van der Waals surface area contributed by atoms with E-state index in [2.05, 4.69) is 27.3 Å². The third kappa shape index (κ3) is 3.24. The Kier molecular flexibility index (Phi) is 3.60. The van der Waals surface area contributed by atoms with Gasteiger partial charge in [0.2, 0.25) is 0 Å². The average molecular weight is 225 g/mol. The summed E-state index contributed by atoms with van der Waals surface area (Å²) in [6.45, 7) is 0. The van der Waals surface area contributed by atoms with Crippen LogP contribution in [-0.4, -0.2) is 15.2 Å². The van der Waals surface area contributed by atoms with Crippen LogP contribution in [0, 0.1) is 0 Å². The Morgan fingerprint density at radius 2 is 1.65 bits per heavy atom. The van der Waals surface area contributed by atoms with Gasteiger partial charge in [-0.25, -0.2) is 5.10 Å². The molecule has 2 aromatic heterocycles. The third-order valence-electron chi connectivity index (χ3n) is 2.10. The Morgan fingerprint density at radius 1 is 0.882 bits per heavy atom. The first-order chi connectivity index (χ1) is 8.36. The summed E-state index contributed by atoms with van der Waals surface area (Å²) in [5.74, 6) is 0. The summed E-state index contributed by atoms with van der Waals surface area (Å²) in [7, 11) is 0. The molecule has 0 bridgehead atoms. The molecule has 84 valence electrons. The van der Waals surface area contributed by atoms with Gasteiger partial charge in [0, 0.05) is 23.8 Å². The van der Waals surface area contributed by atoms with Gasteiger partial charge in [-0.05, 0) is 18.2 Å². The monoisotopic (exact) mass is 225 g/mol. The highest BCUT2D eigenvalue weighted by atomic mass is 16.1. The molecule has 0 saturated carbocycles. The van der Waals surface area contributed by atoms with Crippen LogP contribution in [0.25, 0.3) is 10.9 Å². The molecule has 2 heterocycles. The minimum atomic E-state index is -0.164. The summed E-state index contributed by atoms with van der Waals surface area (Å²) in [4.78, 5) is 14.3. The highest BCUT2D eigenvalue weighted by Crippen LogP contribution is 2.07. The number of benzene rings is 1. The van der Waals surface area contributed by atoms with Crippen molar-refractivity contribution >= 4 is 10.9 Å². The van der Waals surface area contributed by atoms with Crippen LogP contribution in [0.3, 0.4) is 0 Å². The van der Waals surface area contributed by atoms with Crippen molar-refractivity contribution in [3.05, 3.63) is 71.3 Å². The van der Waals surface area contributed by atoms with Crippen molar-refractivity contribution in [2.75, 3.05) is 0 Å². The second-order valence-electron chi connectivity index (χ2n) is 3.31. The van der Waals surface area contributed by atoms with E-state index in [0.29, 0.717) is 0 Å². The molecule has 0 radical (unpaired) electrons. The molecule has 0 unspecified atom stereocenters. The van der Waals surface area contributed by atoms with Gasteiger partial charge < -0.3 is 0 Å². The number of hydrogen-bond donors (Lipinski definition) is 1. The van der Waals surface area contributed by atoms with E-state index in [0.717, 1.165) is 5.52 Å². The van der Waals surface area contributed by atoms with Crippen LogP contribution in [0.4, 0.5) is 0 Å². The van der Waals surface area contributed by atoms with Gasteiger partial charge in [0.05, 0.1) is 5.52 Å². The molecule has 0 aliphatic rings. The number of aromatic nitrogens is 3. The normalized spacial score (nSPS) is 9.41. The standard InChI is InChI=1S/C9H7N.C4H4N2O/c1-2-6-9-8(4-1)5-3-7-10-9;7-4-2-1-3-5-6-4/h1-7H;1-3H,(H,6,7). The van der Waals surface area contributed by atoms with Gasteiger partial charge in [0.15, 0.2) is 0 Å². The first-order valence-electron chi connectivity index (χ1n) is 5.16. The molecule has 0 amide bonds. The van der Waals surface area contributed by atoms with E-state index < -0.39 is 0 Å².